The molecular weight excluding hydrogens is 308 g/mol. The van der Waals surface area contributed by atoms with Crippen LogP contribution in [0.4, 0.5) is 0 Å². The molecule has 0 saturated heterocycles. The van der Waals surface area contributed by atoms with Crippen molar-refractivity contribution < 1.29 is 19.1 Å². The van der Waals surface area contributed by atoms with E-state index in [1.54, 1.807) is 12.1 Å². The second-order valence-electron chi connectivity index (χ2n) is 5.26. The van der Waals surface area contributed by atoms with Gasteiger partial charge in [-0.05, 0) is 37.6 Å². The Labute approximate surface area is 140 Å². The van der Waals surface area contributed by atoms with Crippen LogP contribution in [-0.4, -0.2) is 36.6 Å². The van der Waals surface area contributed by atoms with Crippen molar-refractivity contribution in [2.75, 3.05) is 19.8 Å². The molecular formula is C18H20N2O4. The lowest BCUT2D eigenvalue weighted by atomic mass is 10.1. The molecule has 0 fully saturated rings. The third kappa shape index (κ3) is 5.39. The molecule has 2 rings (SSSR count). The lowest BCUT2D eigenvalue weighted by molar-refractivity contribution is -0.124. The number of ether oxygens (including phenoxy) is 2. The summed E-state index contributed by atoms with van der Waals surface area (Å²) in [5, 5.41) is 2.63. The van der Waals surface area contributed by atoms with Crippen LogP contribution in [-0.2, 0) is 9.53 Å². The zero-order valence-corrected chi connectivity index (χ0v) is 13.7. The Hall–Kier alpha value is -2.89. The zero-order valence-electron chi connectivity index (χ0n) is 13.7. The highest BCUT2D eigenvalue weighted by molar-refractivity contribution is 5.89. The van der Waals surface area contributed by atoms with Crippen LogP contribution in [0.3, 0.4) is 0 Å². The van der Waals surface area contributed by atoms with E-state index in [0.717, 1.165) is 11.3 Å². The van der Waals surface area contributed by atoms with Crippen molar-refractivity contribution in [2.45, 2.75) is 13.8 Å². The molecule has 0 saturated carbocycles. The molecule has 0 atom stereocenters. The van der Waals surface area contributed by atoms with E-state index in [0.29, 0.717) is 13.2 Å². The van der Waals surface area contributed by atoms with Gasteiger partial charge in [-0.15, -0.1) is 0 Å². The lowest BCUT2D eigenvalue weighted by Gasteiger charge is -2.10. The molecule has 1 amide bonds. The van der Waals surface area contributed by atoms with Gasteiger partial charge in [0, 0.05) is 6.20 Å². The molecule has 1 aromatic carbocycles. The first kappa shape index (κ1) is 17.5. The Balaban J connectivity index is 1.65. The fraction of sp³-hybridized carbons (Fsp3) is 0.278. The van der Waals surface area contributed by atoms with E-state index in [1.807, 2.05) is 32.0 Å². The Morgan fingerprint density at radius 2 is 2.00 bits per heavy atom. The van der Waals surface area contributed by atoms with Gasteiger partial charge < -0.3 is 14.8 Å². The highest BCUT2D eigenvalue weighted by Crippen LogP contribution is 2.18. The number of esters is 1. The molecule has 0 radical (unpaired) electrons. The van der Waals surface area contributed by atoms with E-state index in [-0.39, 0.29) is 18.2 Å². The van der Waals surface area contributed by atoms with E-state index in [1.165, 1.54) is 17.8 Å². The maximum absolute atomic E-state index is 11.6. The van der Waals surface area contributed by atoms with Crippen molar-refractivity contribution in [1.29, 1.82) is 0 Å². The molecule has 1 N–H and O–H groups in total. The van der Waals surface area contributed by atoms with Gasteiger partial charge in [-0.1, -0.05) is 23.8 Å². The van der Waals surface area contributed by atoms with Gasteiger partial charge in [0.25, 0.3) is 5.91 Å². The first-order valence-corrected chi connectivity index (χ1v) is 7.61. The topological polar surface area (TPSA) is 77.5 Å². The number of nitrogens with one attached hydrogen (secondary N) is 1. The summed E-state index contributed by atoms with van der Waals surface area (Å²) >= 11 is 0. The largest absolute Gasteiger partial charge is 0.491 e. The van der Waals surface area contributed by atoms with E-state index in [2.05, 4.69) is 10.3 Å². The molecule has 0 aliphatic rings. The van der Waals surface area contributed by atoms with Crippen LogP contribution < -0.4 is 10.1 Å². The normalized spacial score (nSPS) is 10.1. The van der Waals surface area contributed by atoms with Crippen molar-refractivity contribution in [3.05, 3.63) is 59.4 Å². The highest BCUT2D eigenvalue weighted by Gasteiger charge is 2.10. The summed E-state index contributed by atoms with van der Waals surface area (Å²) in [6.45, 7) is 4.30. The molecule has 0 unspecified atom stereocenters. The van der Waals surface area contributed by atoms with Crippen molar-refractivity contribution >= 4 is 11.9 Å². The number of carbonyl (C=O) groups excluding carboxylic acids is 2. The Morgan fingerprint density at radius 3 is 2.71 bits per heavy atom. The van der Waals surface area contributed by atoms with E-state index >= 15 is 0 Å². The number of carbonyl (C=O) groups is 2. The highest BCUT2D eigenvalue weighted by atomic mass is 16.5. The second-order valence-corrected chi connectivity index (χ2v) is 5.26. The summed E-state index contributed by atoms with van der Waals surface area (Å²) < 4.78 is 10.5. The van der Waals surface area contributed by atoms with Gasteiger partial charge in [0.05, 0.1) is 6.54 Å². The number of aromatic nitrogens is 1. The van der Waals surface area contributed by atoms with Gasteiger partial charge in [0.15, 0.2) is 6.61 Å². The van der Waals surface area contributed by atoms with Gasteiger partial charge in [-0.2, -0.15) is 0 Å². The Kier molecular flexibility index (Phi) is 6.31. The van der Waals surface area contributed by atoms with Gasteiger partial charge in [-0.25, -0.2) is 9.78 Å². The molecule has 0 bridgehead atoms. The SMILES string of the molecule is Cc1ccc(OCCNC(=O)COC(=O)c2ccccn2)c(C)c1. The molecule has 0 aliphatic heterocycles. The van der Waals surface area contributed by atoms with Gasteiger partial charge in [0.2, 0.25) is 0 Å². The minimum Gasteiger partial charge on any atom is -0.491 e. The number of nitrogens with zero attached hydrogens (tertiary/aromatic N) is 1. The predicted molar refractivity (Wildman–Crippen MR) is 88.9 cm³/mol. The second kappa shape index (κ2) is 8.67. The average molecular weight is 328 g/mol. The number of pyridine rings is 1. The molecule has 1 aromatic heterocycles. The average Bonchev–Trinajstić information content (AvgIpc) is 2.59. The first-order valence-electron chi connectivity index (χ1n) is 7.61. The van der Waals surface area contributed by atoms with Crippen LogP contribution in [0, 0.1) is 13.8 Å². The third-order valence-electron chi connectivity index (χ3n) is 3.22. The number of hydrogen-bond donors (Lipinski definition) is 1. The minimum absolute atomic E-state index is 0.170. The van der Waals surface area contributed by atoms with E-state index in [4.69, 9.17) is 9.47 Å². The van der Waals surface area contributed by atoms with E-state index in [9.17, 15) is 9.59 Å². The summed E-state index contributed by atoms with van der Waals surface area (Å²) in [6, 6.07) is 10.8. The number of amides is 1. The molecule has 6 nitrogen and oxygen atoms in total. The maximum Gasteiger partial charge on any atom is 0.357 e. The van der Waals surface area contributed by atoms with Crippen molar-refractivity contribution in [3.8, 4) is 5.75 Å². The zero-order chi connectivity index (χ0) is 17.4. The van der Waals surface area contributed by atoms with Crippen LogP contribution in [0.1, 0.15) is 21.6 Å². The van der Waals surface area contributed by atoms with Crippen LogP contribution in [0.2, 0.25) is 0 Å². The van der Waals surface area contributed by atoms with Crippen molar-refractivity contribution in [1.82, 2.24) is 10.3 Å². The molecule has 0 spiro atoms. The summed E-state index contributed by atoms with van der Waals surface area (Å²) in [4.78, 5) is 27.1. The Morgan fingerprint density at radius 1 is 1.17 bits per heavy atom. The summed E-state index contributed by atoms with van der Waals surface area (Å²) in [5.74, 6) is -0.225. The fourth-order valence-electron chi connectivity index (χ4n) is 2.05. The molecule has 6 heteroatoms. The predicted octanol–water partition coefficient (Wildman–Crippen LogP) is 2.05. The first-order chi connectivity index (χ1) is 11.6. The molecule has 126 valence electrons. The monoisotopic (exact) mass is 328 g/mol. The Bertz CT molecular complexity index is 701. The van der Waals surface area contributed by atoms with Crippen LogP contribution >= 0.6 is 0 Å². The van der Waals surface area contributed by atoms with Crippen LogP contribution in [0.15, 0.2) is 42.6 Å². The third-order valence-corrected chi connectivity index (χ3v) is 3.22. The van der Waals surface area contributed by atoms with Crippen LogP contribution in [0.5, 0.6) is 5.75 Å². The number of hydrogen-bond acceptors (Lipinski definition) is 5. The molecule has 2 aromatic rings. The fourth-order valence-corrected chi connectivity index (χ4v) is 2.05. The molecule has 1 heterocycles. The minimum atomic E-state index is -0.628. The number of rotatable bonds is 7. The standard InChI is InChI=1S/C18H20N2O4/c1-13-6-7-16(14(2)11-13)23-10-9-20-17(21)12-24-18(22)15-5-3-4-8-19-15/h3-8,11H,9-10,12H2,1-2H3,(H,20,21). The van der Waals surface area contributed by atoms with Gasteiger partial charge in [0.1, 0.15) is 18.1 Å². The molecule has 24 heavy (non-hydrogen) atoms. The van der Waals surface area contributed by atoms with Crippen LogP contribution in [0.25, 0.3) is 0 Å². The smallest absolute Gasteiger partial charge is 0.357 e. The summed E-state index contributed by atoms with van der Waals surface area (Å²) in [6.07, 6.45) is 1.49. The van der Waals surface area contributed by atoms with Crippen molar-refractivity contribution in [2.24, 2.45) is 0 Å². The number of aryl methyl sites for hydroxylation is 2. The van der Waals surface area contributed by atoms with Crippen molar-refractivity contribution in [3.63, 3.8) is 0 Å². The maximum atomic E-state index is 11.6. The summed E-state index contributed by atoms with van der Waals surface area (Å²) in [5.41, 5.74) is 2.39. The number of benzene rings is 1. The molecule has 0 aliphatic carbocycles. The lowest BCUT2D eigenvalue weighted by Crippen LogP contribution is -2.32. The van der Waals surface area contributed by atoms with E-state index < -0.39 is 5.97 Å². The van der Waals surface area contributed by atoms with Gasteiger partial charge in [-0.3, -0.25) is 4.79 Å². The quantitative estimate of drug-likeness (QED) is 0.622. The summed E-state index contributed by atoms with van der Waals surface area (Å²) in [7, 11) is 0. The van der Waals surface area contributed by atoms with Gasteiger partial charge >= 0.3 is 5.97 Å².